The highest BCUT2D eigenvalue weighted by molar-refractivity contribution is 6.67. The van der Waals surface area contributed by atoms with E-state index in [4.69, 9.17) is 69.6 Å². The van der Waals surface area contributed by atoms with Crippen molar-refractivity contribution < 1.29 is 0 Å². The minimum absolute atomic E-state index is 0.269. The molecule has 0 aliphatic carbocycles. The average molecular weight is 469 g/mol. The van der Waals surface area contributed by atoms with E-state index in [2.05, 4.69) is 19.9 Å². The van der Waals surface area contributed by atoms with Crippen LogP contribution in [0.4, 0.5) is 0 Å². The van der Waals surface area contributed by atoms with E-state index >= 15 is 0 Å². The first-order valence-electron chi connectivity index (χ1n) is 7.25. The maximum atomic E-state index is 5.88. The number of benzene rings is 2. The predicted octanol–water partition coefficient (Wildman–Crippen LogP) is 6.76. The first kappa shape index (κ1) is 18.5. The number of rotatable bonds is 1. The van der Waals surface area contributed by atoms with Crippen molar-refractivity contribution in [2.75, 3.05) is 0 Å². The van der Waals surface area contributed by atoms with Gasteiger partial charge in [-0.2, -0.15) is 0 Å². The molecule has 134 valence electrons. The van der Waals surface area contributed by atoms with Gasteiger partial charge >= 0.3 is 0 Å². The van der Waals surface area contributed by atoms with Gasteiger partial charge in [-0.1, -0.05) is 81.7 Å². The minimum atomic E-state index is -1.61. The number of hydrogen-bond donors (Lipinski definition) is 2. The Labute approximate surface area is 177 Å². The molecule has 2 heterocycles. The van der Waals surface area contributed by atoms with Gasteiger partial charge in [0, 0.05) is 0 Å². The smallest absolute Gasteiger partial charge is 0.248 e. The molecule has 4 nitrogen and oxygen atoms in total. The van der Waals surface area contributed by atoms with Crippen molar-refractivity contribution in [3.05, 3.63) is 48.0 Å². The molecule has 0 aliphatic heterocycles. The zero-order chi connectivity index (χ0) is 18.7. The Kier molecular flexibility index (Phi) is 4.50. The maximum absolute atomic E-state index is 5.88. The summed E-state index contributed by atoms with van der Waals surface area (Å²) in [5, 5.41) is 0. The molecule has 0 bridgehead atoms. The largest absolute Gasteiger partial charge is 0.338 e. The van der Waals surface area contributed by atoms with E-state index in [9.17, 15) is 0 Å². The van der Waals surface area contributed by atoms with Crippen molar-refractivity contribution in [3.63, 3.8) is 0 Å². The molecule has 0 radical (unpaired) electrons. The Hall–Kier alpha value is -0.880. The van der Waals surface area contributed by atoms with Gasteiger partial charge in [-0.25, -0.2) is 9.97 Å². The number of nitrogens with one attached hydrogen (secondary N) is 2. The standard InChI is InChI=1S/C16H8Cl6N4/c17-15(18,19)13-23-9-3-1-7(5-11(9)25-13)8-2-4-10-12(6-8)26-14(24-10)16(20,21)22/h1-6H,(H,23,25)(H,24,26). The lowest BCUT2D eigenvalue weighted by Crippen LogP contribution is -2.01. The summed E-state index contributed by atoms with van der Waals surface area (Å²) >= 11 is 35.3. The van der Waals surface area contributed by atoms with Gasteiger partial charge in [-0.05, 0) is 35.4 Å². The van der Waals surface area contributed by atoms with Gasteiger partial charge in [-0.3, -0.25) is 0 Å². The van der Waals surface area contributed by atoms with Crippen LogP contribution in [0.1, 0.15) is 11.6 Å². The summed E-state index contributed by atoms with van der Waals surface area (Å²) in [4.78, 5) is 14.6. The lowest BCUT2D eigenvalue weighted by atomic mass is 10.0. The van der Waals surface area contributed by atoms with Crippen molar-refractivity contribution in [2.45, 2.75) is 7.59 Å². The van der Waals surface area contributed by atoms with Crippen LogP contribution < -0.4 is 0 Å². The van der Waals surface area contributed by atoms with Gasteiger partial charge < -0.3 is 9.97 Å². The van der Waals surface area contributed by atoms with Crippen molar-refractivity contribution >= 4 is 91.7 Å². The molecule has 4 aromatic rings. The summed E-state index contributed by atoms with van der Waals surface area (Å²) < 4.78 is -3.22. The molecule has 0 spiro atoms. The fraction of sp³-hybridized carbons (Fsp3) is 0.125. The number of aromatic nitrogens is 4. The van der Waals surface area contributed by atoms with Crippen LogP contribution in [0.5, 0.6) is 0 Å². The Morgan fingerprint density at radius 3 is 1.35 bits per heavy atom. The number of hydrogen-bond acceptors (Lipinski definition) is 2. The van der Waals surface area contributed by atoms with Gasteiger partial charge in [0.25, 0.3) is 0 Å². The van der Waals surface area contributed by atoms with Gasteiger partial charge in [0.1, 0.15) is 0 Å². The van der Waals surface area contributed by atoms with Crippen molar-refractivity contribution in [3.8, 4) is 11.1 Å². The second-order valence-corrected chi connectivity index (χ2v) is 10.2. The minimum Gasteiger partial charge on any atom is -0.338 e. The highest BCUT2D eigenvalue weighted by Gasteiger charge is 2.28. The number of H-pyrrole nitrogens is 2. The number of aromatic amines is 2. The number of halogens is 6. The fourth-order valence-corrected chi connectivity index (χ4v) is 3.18. The lowest BCUT2D eigenvalue weighted by molar-refractivity contribution is 1.05. The van der Waals surface area contributed by atoms with Crippen molar-refractivity contribution in [1.82, 2.24) is 19.9 Å². The summed E-state index contributed by atoms with van der Waals surface area (Å²) in [6.07, 6.45) is 0. The van der Waals surface area contributed by atoms with Crippen molar-refractivity contribution in [1.29, 1.82) is 0 Å². The zero-order valence-corrected chi connectivity index (χ0v) is 17.2. The summed E-state index contributed by atoms with van der Waals surface area (Å²) in [5.41, 5.74) is 4.83. The van der Waals surface area contributed by atoms with Crippen LogP contribution in [0.3, 0.4) is 0 Å². The van der Waals surface area contributed by atoms with Gasteiger partial charge in [-0.15, -0.1) is 0 Å². The van der Waals surface area contributed by atoms with E-state index in [0.717, 1.165) is 22.2 Å². The Balaban J connectivity index is 1.79. The average Bonchev–Trinajstić information content (AvgIpc) is 3.16. The number of nitrogens with zero attached hydrogens (tertiary/aromatic N) is 2. The van der Waals surface area contributed by atoms with E-state index in [1.807, 2.05) is 36.4 Å². The molecule has 10 heteroatoms. The molecular weight excluding hydrogens is 461 g/mol. The summed E-state index contributed by atoms with van der Waals surface area (Å²) in [6, 6.07) is 11.4. The summed E-state index contributed by atoms with van der Waals surface area (Å²) in [6.45, 7) is 0. The van der Waals surface area contributed by atoms with E-state index in [1.165, 1.54) is 0 Å². The molecule has 2 aromatic heterocycles. The van der Waals surface area contributed by atoms with E-state index in [1.54, 1.807) is 0 Å². The van der Waals surface area contributed by atoms with E-state index in [0.29, 0.717) is 11.0 Å². The van der Waals surface area contributed by atoms with Gasteiger partial charge in [0.15, 0.2) is 11.6 Å². The molecule has 0 atom stereocenters. The van der Waals surface area contributed by atoms with Gasteiger partial charge in [0.05, 0.1) is 22.1 Å². The highest BCUT2D eigenvalue weighted by Crippen LogP contribution is 2.39. The molecule has 2 aromatic carbocycles. The molecule has 4 rings (SSSR count). The van der Waals surface area contributed by atoms with Crippen molar-refractivity contribution in [2.24, 2.45) is 0 Å². The molecular formula is C16H8Cl6N4. The van der Waals surface area contributed by atoms with Crippen LogP contribution in [0.25, 0.3) is 33.2 Å². The van der Waals surface area contributed by atoms with E-state index in [-0.39, 0.29) is 11.6 Å². The van der Waals surface area contributed by atoms with E-state index < -0.39 is 7.59 Å². The maximum Gasteiger partial charge on any atom is 0.248 e. The Bertz CT molecular complexity index is 1030. The highest BCUT2D eigenvalue weighted by atomic mass is 35.6. The predicted molar refractivity (Wildman–Crippen MR) is 110 cm³/mol. The molecule has 2 N–H and O–H groups in total. The second-order valence-electron chi connectivity index (χ2n) is 5.63. The van der Waals surface area contributed by atoms with Crippen LogP contribution in [-0.2, 0) is 7.59 Å². The summed E-state index contributed by atoms with van der Waals surface area (Å²) in [5.74, 6) is 0.539. The number of fused-ring (bicyclic) bond motifs is 2. The fourth-order valence-electron chi connectivity index (χ4n) is 2.65. The first-order chi connectivity index (χ1) is 12.1. The Morgan fingerprint density at radius 2 is 1.00 bits per heavy atom. The molecule has 0 aliphatic rings. The third-order valence-electron chi connectivity index (χ3n) is 3.83. The summed E-state index contributed by atoms with van der Waals surface area (Å²) in [7, 11) is 0. The quantitative estimate of drug-likeness (QED) is 0.303. The lowest BCUT2D eigenvalue weighted by Gasteiger charge is -2.04. The van der Waals surface area contributed by atoms with Crippen LogP contribution in [0, 0.1) is 0 Å². The van der Waals surface area contributed by atoms with Crippen LogP contribution >= 0.6 is 69.6 Å². The van der Waals surface area contributed by atoms with Crippen LogP contribution in [-0.4, -0.2) is 19.9 Å². The van der Waals surface area contributed by atoms with Crippen LogP contribution in [0.2, 0.25) is 0 Å². The van der Waals surface area contributed by atoms with Crippen LogP contribution in [0.15, 0.2) is 36.4 Å². The first-order valence-corrected chi connectivity index (χ1v) is 9.52. The zero-order valence-electron chi connectivity index (χ0n) is 12.6. The topological polar surface area (TPSA) is 57.4 Å². The molecule has 26 heavy (non-hydrogen) atoms. The molecule has 0 fully saturated rings. The second kappa shape index (κ2) is 6.33. The number of alkyl halides is 6. The van der Waals surface area contributed by atoms with Gasteiger partial charge in [0.2, 0.25) is 7.59 Å². The molecule has 0 amide bonds. The molecule has 0 unspecified atom stereocenters. The molecule has 0 saturated carbocycles. The Morgan fingerprint density at radius 1 is 0.615 bits per heavy atom. The monoisotopic (exact) mass is 466 g/mol. The third kappa shape index (κ3) is 3.47. The normalized spacial score (nSPS) is 13.0. The third-order valence-corrected chi connectivity index (χ3v) is 4.91. The number of imidazole rings is 2. The SMILES string of the molecule is ClC(Cl)(Cl)c1nc2ccc(-c3ccc4nc(C(Cl)(Cl)Cl)[nH]c4c3)cc2[nH]1. The molecule has 0 saturated heterocycles.